The first-order chi connectivity index (χ1) is 10.0. The largest absolute Gasteiger partial charge is 0.315 e. The number of hydrogen-bond acceptors (Lipinski definition) is 2. The van der Waals surface area contributed by atoms with E-state index in [4.69, 9.17) is 0 Å². The highest BCUT2D eigenvalue weighted by molar-refractivity contribution is 4.84. The van der Waals surface area contributed by atoms with Crippen LogP contribution in [0.1, 0.15) is 72.1 Å². The molecule has 2 heteroatoms. The van der Waals surface area contributed by atoms with Crippen molar-refractivity contribution in [2.24, 2.45) is 17.3 Å². The lowest BCUT2D eigenvalue weighted by molar-refractivity contribution is 0.180. The second kappa shape index (κ2) is 7.97. The maximum absolute atomic E-state index is 3.64. The van der Waals surface area contributed by atoms with Gasteiger partial charge < -0.3 is 10.2 Å². The van der Waals surface area contributed by atoms with Crippen LogP contribution in [0, 0.1) is 17.3 Å². The predicted octanol–water partition coefficient (Wildman–Crippen LogP) is 4.30. The minimum absolute atomic E-state index is 0.488. The molecule has 0 amide bonds. The second-order valence-electron chi connectivity index (χ2n) is 8.59. The molecule has 2 atom stereocenters. The van der Waals surface area contributed by atoms with E-state index in [0.717, 1.165) is 17.9 Å². The normalized spacial score (nSPS) is 28.3. The minimum atomic E-state index is 0.488. The zero-order valence-electron chi connectivity index (χ0n) is 15.0. The van der Waals surface area contributed by atoms with Crippen LogP contribution in [0.25, 0.3) is 0 Å². The number of hydrogen-bond donors (Lipinski definition) is 1. The molecule has 2 unspecified atom stereocenters. The monoisotopic (exact) mass is 294 g/mol. The smallest absolute Gasteiger partial charge is 0.0220 e. The molecule has 1 N–H and O–H groups in total. The van der Waals surface area contributed by atoms with Gasteiger partial charge in [0, 0.05) is 12.6 Å². The van der Waals surface area contributed by atoms with E-state index in [2.05, 4.69) is 38.0 Å². The molecule has 1 aliphatic heterocycles. The fourth-order valence-electron chi connectivity index (χ4n) is 4.50. The molecule has 2 fully saturated rings. The van der Waals surface area contributed by atoms with Gasteiger partial charge in [0.15, 0.2) is 0 Å². The summed E-state index contributed by atoms with van der Waals surface area (Å²) in [5.74, 6) is 1.83. The van der Waals surface area contributed by atoms with Gasteiger partial charge in [0.25, 0.3) is 0 Å². The van der Waals surface area contributed by atoms with Crippen LogP contribution in [-0.4, -0.2) is 37.6 Å². The summed E-state index contributed by atoms with van der Waals surface area (Å²) < 4.78 is 0. The lowest BCUT2D eigenvalue weighted by Crippen LogP contribution is -2.45. The number of rotatable bonds is 4. The van der Waals surface area contributed by atoms with Gasteiger partial charge in [0.05, 0.1) is 0 Å². The summed E-state index contributed by atoms with van der Waals surface area (Å²) in [5, 5.41) is 3.64. The Bertz CT molecular complexity index is 288. The van der Waals surface area contributed by atoms with Crippen molar-refractivity contribution in [2.45, 2.75) is 78.2 Å². The highest BCUT2D eigenvalue weighted by Gasteiger charge is 2.29. The molecule has 2 nitrogen and oxygen atoms in total. The number of likely N-dealkylation sites (tertiary alicyclic amines) is 1. The van der Waals surface area contributed by atoms with Gasteiger partial charge in [-0.25, -0.2) is 0 Å². The standard InChI is InChI=1S/C19H38N2/c1-19(2,3)17-11-8-13-21(14-12-17)15-18(20-4)16-9-6-5-7-10-16/h16-18,20H,5-15H2,1-4H3. The second-order valence-corrected chi connectivity index (χ2v) is 8.59. The third-order valence-electron chi connectivity index (χ3n) is 6.09. The van der Waals surface area contributed by atoms with E-state index in [1.807, 2.05) is 0 Å². The van der Waals surface area contributed by atoms with Crippen LogP contribution in [0.4, 0.5) is 0 Å². The Labute approximate surface area is 133 Å². The molecule has 0 aromatic heterocycles. The zero-order valence-corrected chi connectivity index (χ0v) is 15.0. The van der Waals surface area contributed by atoms with Gasteiger partial charge in [-0.15, -0.1) is 0 Å². The highest BCUT2D eigenvalue weighted by atomic mass is 15.1. The van der Waals surface area contributed by atoms with Crippen LogP contribution in [-0.2, 0) is 0 Å². The molecule has 2 rings (SSSR count). The third kappa shape index (κ3) is 5.25. The average molecular weight is 295 g/mol. The molecule has 1 heterocycles. The van der Waals surface area contributed by atoms with Gasteiger partial charge in [-0.2, -0.15) is 0 Å². The van der Waals surface area contributed by atoms with Crippen LogP contribution >= 0.6 is 0 Å². The molecule has 0 aromatic rings. The molecule has 1 saturated carbocycles. The van der Waals surface area contributed by atoms with Crippen molar-refractivity contribution in [3.05, 3.63) is 0 Å². The molecule has 0 spiro atoms. The average Bonchev–Trinajstić information content (AvgIpc) is 2.71. The lowest BCUT2D eigenvalue weighted by Gasteiger charge is -2.34. The van der Waals surface area contributed by atoms with Crippen molar-refractivity contribution in [2.75, 3.05) is 26.7 Å². The van der Waals surface area contributed by atoms with E-state index >= 15 is 0 Å². The fraction of sp³-hybridized carbons (Fsp3) is 1.00. The molecule has 0 radical (unpaired) electrons. The van der Waals surface area contributed by atoms with Crippen molar-refractivity contribution in [1.82, 2.24) is 10.2 Å². The first-order valence-electron chi connectivity index (χ1n) is 9.40. The van der Waals surface area contributed by atoms with Crippen molar-refractivity contribution in [1.29, 1.82) is 0 Å². The molecular weight excluding hydrogens is 256 g/mol. The van der Waals surface area contributed by atoms with E-state index in [9.17, 15) is 0 Å². The van der Waals surface area contributed by atoms with Crippen molar-refractivity contribution >= 4 is 0 Å². The SMILES string of the molecule is CNC(CN1CCCC(C(C)(C)C)CC1)C1CCCCC1. The summed E-state index contributed by atoms with van der Waals surface area (Å²) in [4.78, 5) is 2.75. The van der Waals surface area contributed by atoms with Gasteiger partial charge in [-0.1, -0.05) is 40.0 Å². The van der Waals surface area contributed by atoms with Crippen molar-refractivity contribution in [3.63, 3.8) is 0 Å². The van der Waals surface area contributed by atoms with Gasteiger partial charge >= 0.3 is 0 Å². The van der Waals surface area contributed by atoms with Crippen LogP contribution in [0.15, 0.2) is 0 Å². The van der Waals surface area contributed by atoms with Crippen LogP contribution < -0.4 is 5.32 Å². The van der Waals surface area contributed by atoms with Crippen LogP contribution in [0.3, 0.4) is 0 Å². The summed E-state index contributed by atoms with van der Waals surface area (Å²) in [5.41, 5.74) is 0.488. The maximum Gasteiger partial charge on any atom is 0.0220 e. The highest BCUT2D eigenvalue weighted by Crippen LogP contribution is 2.34. The molecular formula is C19H38N2. The summed E-state index contributed by atoms with van der Waals surface area (Å²) in [7, 11) is 2.18. The predicted molar refractivity (Wildman–Crippen MR) is 92.7 cm³/mol. The third-order valence-corrected chi connectivity index (χ3v) is 6.09. The quantitative estimate of drug-likeness (QED) is 0.831. The molecule has 2 aliphatic rings. The number of nitrogens with one attached hydrogen (secondary N) is 1. The summed E-state index contributed by atoms with van der Waals surface area (Å²) in [6.45, 7) is 11.2. The lowest BCUT2D eigenvalue weighted by atomic mass is 9.77. The topological polar surface area (TPSA) is 15.3 Å². The fourth-order valence-corrected chi connectivity index (χ4v) is 4.50. The molecule has 0 aromatic carbocycles. The van der Waals surface area contributed by atoms with E-state index < -0.39 is 0 Å². The van der Waals surface area contributed by atoms with Gasteiger partial charge in [0.1, 0.15) is 0 Å². The van der Waals surface area contributed by atoms with Gasteiger partial charge in [-0.05, 0) is 69.5 Å². The summed E-state index contributed by atoms with van der Waals surface area (Å²) in [6.07, 6.45) is 11.5. The van der Waals surface area contributed by atoms with Crippen molar-refractivity contribution < 1.29 is 0 Å². The van der Waals surface area contributed by atoms with Crippen molar-refractivity contribution in [3.8, 4) is 0 Å². The molecule has 1 aliphatic carbocycles. The molecule has 0 bridgehead atoms. The molecule has 124 valence electrons. The Morgan fingerprint density at radius 3 is 2.29 bits per heavy atom. The summed E-state index contributed by atoms with van der Waals surface area (Å²) >= 11 is 0. The van der Waals surface area contributed by atoms with Crippen LogP contribution in [0.5, 0.6) is 0 Å². The Kier molecular flexibility index (Phi) is 6.55. The Hall–Kier alpha value is -0.0800. The summed E-state index contributed by atoms with van der Waals surface area (Å²) in [6, 6.07) is 0.719. The van der Waals surface area contributed by atoms with Gasteiger partial charge in [-0.3, -0.25) is 0 Å². The van der Waals surface area contributed by atoms with E-state index in [1.165, 1.54) is 71.0 Å². The van der Waals surface area contributed by atoms with E-state index in [1.54, 1.807) is 0 Å². The Morgan fingerprint density at radius 1 is 0.952 bits per heavy atom. The number of nitrogens with zero attached hydrogens (tertiary/aromatic N) is 1. The zero-order chi connectivity index (χ0) is 15.3. The van der Waals surface area contributed by atoms with E-state index in [0.29, 0.717) is 5.41 Å². The maximum atomic E-state index is 3.64. The molecule has 21 heavy (non-hydrogen) atoms. The molecule has 1 saturated heterocycles. The van der Waals surface area contributed by atoms with Gasteiger partial charge in [0.2, 0.25) is 0 Å². The van der Waals surface area contributed by atoms with E-state index in [-0.39, 0.29) is 0 Å². The first-order valence-corrected chi connectivity index (χ1v) is 9.40. The minimum Gasteiger partial charge on any atom is -0.315 e. The number of likely N-dealkylation sites (N-methyl/N-ethyl adjacent to an activating group) is 1. The van der Waals surface area contributed by atoms with Crippen LogP contribution in [0.2, 0.25) is 0 Å². The first kappa shape index (κ1) is 17.3. The Balaban J connectivity index is 1.84. The Morgan fingerprint density at radius 2 is 1.67 bits per heavy atom.